The number of thiophene rings is 1. The van der Waals surface area contributed by atoms with Gasteiger partial charge >= 0.3 is 0 Å². The van der Waals surface area contributed by atoms with Crippen molar-refractivity contribution in [2.75, 3.05) is 18.6 Å². The van der Waals surface area contributed by atoms with Crippen molar-refractivity contribution in [2.45, 2.75) is 20.1 Å². The van der Waals surface area contributed by atoms with Crippen LogP contribution in [0.5, 0.6) is 0 Å². The van der Waals surface area contributed by atoms with Crippen LogP contribution in [0.1, 0.15) is 17.6 Å². The molecule has 6 heteroatoms. The fraction of sp³-hybridized carbons (Fsp3) is 0.385. The molecule has 0 aliphatic carbocycles. The zero-order chi connectivity index (χ0) is 13.7. The molecule has 102 valence electrons. The summed E-state index contributed by atoms with van der Waals surface area (Å²) in [6.07, 6.45) is 0. The monoisotopic (exact) mass is 297 g/mol. The molecule has 0 bridgehead atoms. The number of aromatic nitrogens is 2. The first-order valence-electron chi connectivity index (χ1n) is 6.03. The van der Waals surface area contributed by atoms with Crippen LogP contribution in [0.15, 0.2) is 23.6 Å². The maximum Gasteiger partial charge on any atom is 0.158 e. The van der Waals surface area contributed by atoms with Gasteiger partial charge in [0.1, 0.15) is 17.6 Å². The molecule has 0 unspecified atom stereocenters. The van der Waals surface area contributed by atoms with Crippen LogP contribution in [0.25, 0.3) is 0 Å². The van der Waals surface area contributed by atoms with Gasteiger partial charge in [0, 0.05) is 24.6 Å². The quantitative estimate of drug-likeness (QED) is 0.766. The molecule has 19 heavy (non-hydrogen) atoms. The number of hydrogen-bond acceptors (Lipinski definition) is 5. The third kappa shape index (κ3) is 4.16. The molecule has 0 fully saturated rings. The zero-order valence-electron chi connectivity index (χ0n) is 11.0. The minimum Gasteiger partial charge on any atom is -0.374 e. The Kier molecular flexibility index (Phi) is 5.13. The fourth-order valence-electron chi connectivity index (χ4n) is 1.62. The van der Waals surface area contributed by atoms with Crippen molar-refractivity contribution in [2.24, 2.45) is 0 Å². The van der Waals surface area contributed by atoms with E-state index in [9.17, 15) is 0 Å². The van der Waals surface area contributed by atoms with E-state index in [4.69, 9.17) is 16.3 Å². The summed E-state index contributed by atoms with van der Waals surface area (Å²) >= 11 is 7.75. The normalized spacial score (nSPS) is 10.7. The third-order valence-corrected chi connectivity index (χ3v) is 3.58. The lowest BCUT2D eigenvalue weighted by Gasteiger charge is -2.18. The second-order valence-electron chi connectivity index (χ2n) is 4.04. The van der Waals surface area contributed by atoms with Crippen LogP contribution in [-0.2, 0) is 17.9 Å². The highest BCUT2D eigenvalue weighted by Gasteiger charge is 2.08. The van der Waals surface area contributed by atoms with Gasteiger partial charge in [0.25, 0.3) is 0 Å². The molecule has 0 aromatic carbocycles. The number of ether oxygens (including phenoxy) is 1. The summed E-state index contributed by atoms with van der Waals surface area (Å²) in [6, 6.07) is 5.91. The number of halogens is 1. The van der Waals surface area contributed by atoms with Gasteiger partial charge in [-0.1, -0.05) is 17.7 Å². The van der Waals surface area contributed by atoms with E-state index < -0.39 is 0 Å². The molecule has 0 aliphatic heterocycles. The van der Waals surface area contributed by atoms with E-state index in [-0.39, 0.29) is 0 Å². The van der Waals surface area contributed by atoms with E-state index in [2.05, 4.69) is 26.3 Å². The molecule has 0 atom stereocenters. The third-order valence-electron chi connectivity index (χ3n) is 2.53. The molecule has 2 rings (SSSR count). The lowest BCUT2D eigenvalue weighted by Crippen LogP contribution is -2.18. The molecular weight excluding hydrogens is 282 g/mol. The summed E-state index contributed by atoms with van der Waals surface area (Å²) in [7, 11) is 1.99. The SMILES string of the molecule is CCOCc1nc(Cl)cc(N(C)Cc2cccs2)n1. The van der Waals surface area contributed by atoms with Crippen molar-refractivity contribution in [3.8, 4) is 0 Å². The van der Waals surface area contributed by atoms with Crippen LogP contribution in [0.3, 0.4) is 0 Å². The number of nitrogens with zero attached hydrogens (tertiary/aromatic N) is 3. The van der Waals surface area contributed by atoms with E-state index in [1.165, 1.54) is 4.88 Å². The van der Waals surface area contributed by atoms with Gasteiger partial charge in [0.05, 0.1) is 6.54 Å². The topological polar surface area (TPSA) is 38.2 Å². The summed E-state index contributed by atoms with van der Waals surface area (Å²) in [5.41, 5.74) is 0. The highest BCUT2D eigenvalue weighted by atomic mass is 35.5. The summed E-state index contributed by atoms with van der Waals surface area (Å²) < 4.78 is 5.32. The summed E-state index contributed by atoms with van der Waals surface area (Å²) in [4.78, 5) is 11.9. The smallest absolute Gasteiger partial charge is 0.158 e. The van der Waals surface area contributed by atoms with Crippen LogP contribution in [0.4, 0.5) is 5.82 Å². The minimum atomic E-state index is 0.386. The predicted octanol–water partition coefficient (Wildman–Crippen LogP) is 3.36. The van der Waals surface area contributed by atoms with Gasteiger partial charge in [-0.05, 0) is 18.4 Å². The van der Waals surface area contributed by atoms with Crippen molar-refractivity contribution in [3.05, 3.63) is 39.4 Å². The van der Waals surface area contributed by atoms with Gasteiger partial charge in [-0.15, -0.1) is 11.3 Å². The maximum absolute atomic E-state index is 6.02. The molecular formula is C13H16ClN3OS. The average molecular weight is 298 g/mol. The molecule has 0 aliphatic rings. The van der Waals surface area contributed by atoms with Crippen LogP contribution in [0.2, 0.25) is 5.15 Å². The van der Waals surface area contributed by atoms with Crippen LogP contribution in [0, 0.1) is 0 Å². The first kappa shape index (κ1) is 14.2. The van der Waals surface area contributed by atoms with Crippen molar-refractivity contribution in [1.82, 2.24) is 9.97 Å². The Morgan fingerprint density at radius 2 is 2.26 bits per heavy atom. The standard InChI is InChI=1S/C13H16ClN3OS/c1-3-18-9-12-15-11(14)7-13(16-12)17(2)8-10-5-4-6-19-10/h4-7H,3,8-9H2,1-2H3. The summed E-state index contributed by atoms with van der Waals surface area (Å²) in [6.45, 7) is 3.76. The highest BCUT2D eigenvalue weighted by Crippen LogP contribution is 2.19. The summed E-state index contributed by atoms with van der Waals surface area (Å²) in [5, 5.41) is 2.51. The van der Waals surface area contributed by atoms with E-state index >= 15 is 0 Å². The minimum absolute atomic E-state index is 0.386. The van der Waals surface area contributed by atoms with Gasteiger partial charge in [-0.25, -0.2) is 9.97 Å². The lowest BCUT2D eigenvalue weighted by molar-refractivity contribution is 0.128. The Morgan fingerprint density at radius 3 is 2.95 bits per heavy atom. The Hall–Kier alpha value is -1.17. The summed E-state index contributed by atoms with van der Waals surface area (Å²) in [5.74, 6) is 1.42. The van der Waals surface area contributed by atoms with Crippen LogP contribution in [-0.4, -0.2) is 23.6 Å². The molecule has 0 spiro atoms. The largest absolute Gasteiger partial charge is 0.374 e. The fourth-order valence-corrected chi connectivity index (χ4v) is 2.57. The van der Waals surface area contributed by atoms with Crippen LogP contribution >= 0.6 is 22.9 Å². The number of rotatable bonds is 6. The molecule has 0 radical (unpaired) electrons. The zero-order valence-corrected chi connectivity index (χ0v) is 12.5. The van der Waals surface area contributed by atoms with Crippen molar-refractivity contribution in [1.29, 1.82) is 0 Å². The molecule has 2 aromatic heterocycles. The van der Waals surface area contributed by atoms with E-state index in [0.717, 1.165) is 12.4 Å². The Morgan fingerprint density at radius 1 is 1.42 bits per heavy atom. The second-order valence-corrected chi connectivity index (χ2v) is 5.46. The Bertz CT molecular complexity index is 519. The molecule has 0 saturated carbocycles. The molecule has 0 N–H and O–H groups in total. The molecule has 0 saturated heterocycles. The lowest BCUT2D eigenvalue weighted by atomic mass is 10.4. The van der Waals surface area contributed by atoms with E-state index in [0.29, 0.717) is 24.2 Å². The van der Waals surface area contributed by atoms with Gasteiger partial charge in [-0.3, -0.25) is 0 Å². The Balaban J connectivity index is 2.11. The second kappa shape index (κ2) is 6.84. The molecule has 2 heterocycles. The average Bonchev–Trinajstić information content (AvgIpc) is 2.88. The molecule has 2 aromatic rings. The molecule has 0 amide bonds. The van der Waals surface area contributed by atoms with Crippen molar-refractivity contribution < 1.29 is 4.74 Å². The first-order chi connectivity index (χ1) is 9.19. The predicted molar refractivity (Wildman–Crippen MR) is 78.8 cm³/mol. The highest BCUT2D eigenvalue weighted by molar-refractivity contribution is 7.09. The molecule has 4 nitrogen and oxygen atoms in total. The number of hydrogen-bond donors (Lipinski definition) is 0. The van der Waals surface area contributed by atoms with Crippen LogP contribution < -0.4 is 4.90 Å². The van der Waals surface area contributed by atoms with E-state index in [1.807, 2.05) is 20.0 Å². The van der Waals surface area contributed by atoms with Gasteiger partial charge < -0.3 is 9.64 Å². The van der Waals surface area contributed by atoms with Gasteiger partial charge in [-0.2, -0.15) is 0 Å². The first-order valence-corrected chi connectivity index (χ1v) is 7.29. The van der Waals surface area contributed by atoms with Gasteiger partial charge in [0.2, 0.25) is 0 Å². The van der Waals surface area contributed by atoms with Crippen molar-refractivity contribution >= 4 is 28.8 Å². The maximum atomic E-state index is 6.02. The Labute approximate surface area is 122 Å². The van der Waals surface area contributed by atoms with Crippen molar-refractivity contribution in [3.63, 3.8) is 0 Å². The van der Waals surface area contributed by atoms with E-state index in [1.54, 1.807) is 17.4 Å². The van der Waals surface area contributed by atoms with Gasteiger partial charge in [0.15, 0.2) is 5.82 Å². The number of anilines is 1.